The minimum atomic E-state index is -1.14. The summed E-state index contributed by atoms with van der Waals surface area (Å²) in [5, 5.41) is 21.4. The Morgan fingerprint density at radius 2 is 1.40 bits per heavy atom. The zero-order valence-electron chi connectivity index (χ0n) is 15.3. The van der Waals surface area contributed by atoms with Crippen molar-refractivity contribution in [3.05, 3.63) is 23.5 Å². The molecule has 7 nitrogen and oxygen atoms in total. The Hall–Kier alpha value is -2.12. The molecule has 0 spiro atoms. The van der Waals surface area contributed by atoms with Crippen LogP contribution in [-0.4, -0.2) is 20.2 Å². The molecule has 0 bridgehead atoms. The minimum absolute atomic E-state index is 0.0719. The van der Waals surface area contributed by atoms with Crippen molar-refractivity contribution in [1.29, 1.82) is 0 Å². The lowest BCUT2D eigenvalue weighted by Crippen LogP contribution is -2.26. The van der Waals surface area contributed by atoms with Crippen LogP contribution in [0.2, 0.25) is 0 Å². The highest BCUT2D eigenvalue weighted by Crippen LogP contribution is 2.36. The number of pyridine rings is 1. The van der Waals surface area contributed by atoms with E-state index in [1.807, 2.05) is 27.7 Å². The minimum Gasteiger partial charge on any atom is -0.419 e. The molecule has 2 rings (SSSR count). The van der Waals surface area contributed by atoms with Gasteiger partial charge in [0.25, 0.3) is 0 Å². The van der Waals surface area contributed by atoms with Crippen LogP contribution in [-0.2, 0) is 11.2 Å². The monoisotopic (exact) mass is 348 g/mol. The van der Waals surface area contributed by atoms with Crippen LogP contribution in [0.5, 0.6) is 0 Å². The van der Waals surface area contributed by atoms with E-state index < -0.39 is 11.2 Å². The second-order valence-electron chi connectivity index (χ2n) is 6.34. The number of rotatable bonds is 7. The molecule has 0 aliphatic heterocycles. The highest BCUT2D eigenvalue weighted by Gasteiger charge is 2.33. The van der Waals surface area contributed by atoms with Crippen molar-refractivity contribution in [2.24, 2.45) is 0 Å². The molecule has 0 aliphatic rings. The fraction of sp³-hybridized carbons (Fsp3) is 0.556. The SMILES string of the molecule is CCC(O)(CC)c1nc(-c2nc(C(O)(CC)CC)c(N)o2)ccc1N. The summed E-state index contributed by atoms with van der Waals surface area (Å²) in [7, 11) is 0. The van der Waals surface area contributed by atoms with Gasteiger partial charge in [0.2, 0.25) is 11.8 Å². The normalized spacial score (nSPS) is 12.6. The lowest BCUT2D eigenvalue weighted by Gasteiger charge is -2.26. The number of anilines is 2. The molecule has 0 fully saturated rings. The predicted molar refractivity (Wildman–Crippen MR) is 97.5 cm³/mol. The van der Waals surface area contributed by atoms with Gasteiger partial charge in [0, 0.05) is 0 Å². The van der Waals surface area contributed by atoms with Gasteiger partial charge in [0.1, 0.15) is 22.6 Å². The molecule has 0 atom stereocenters. The first-order valence-electron chi connectivity index (χ1n) is 8.73. The first-order valence-corrected chi connectivity index (χ1v) is 8.73. The van der Waals surface area contributed by atoms with Crippen molar-refractivity contribution in [2.75, 3.05) is 11.5 Å². The van der Waals surface area contributed by atoms with Crippen molar-refractivity contribution in [2.45, 2.75) is 64.6 Å². The molecule has 0 aromatic carbocycles. The highest BCUT2D eigenvalue weighted by atomic mass is 16.4. The molecule has 0 amide bonds. The molecule has 0 unspecified atom stereocenters. The fourth-order valence-corrected chi connectivity index (χ4v) is 2.91. The summed E-state index contributed by atoms with van der Waals surface area (Å²) in [6.07, 6.45) is 1.89. The average molecular weight is 348 g/mol. The molecule has 6 N–H and O–H groups in total. The van der Waals surface area contributed by atoms with Crippen molar-refractivity contribution < 1.29 is 14.6 Å². The summed E-state index contributed by atoms with van der Waals surface area (Å²) in [6.45, 7) is 7.47. The van der Waals surface area contributed by atoms with Crippen molar-refractivity contribution >= 4 is 11.6 Å². The Bertz CT molecular complexity index is 734. The van der Waals surface area contributed by atoms with Gasteiger partial charge in [-0.1, -0.05) is 27.7 Å². The van der Waals surface area contributed by atoms with Crippen LogP contribution < -0.4 is 11.5 Å². The molecule has 2 heterocycles. The third-order valence-electron chi connectivity index (χ3n) is 5.02. The summed E-state index contributed by atoms with van der Waals surface area (Å²) in [4.78, 5) is 8.85. The molecule has 0 radical (unpaired) electrons. The summed E-state index contributed by atoms with van der Waals surface area (Å²) >= 11 is 0. The van der Waals surface area contributed by atoms with E-state index in [1.165, 1.54) is 0 Å². The quantitative estimate of drug-likeness (QED) is 0.605. The maximum atomic E-state index is 10.8. The van der Waals surface area contributed by atoms with E-state index in [-0.39, 0.29) is 11.8 Å². The van der Waals surface area contributed by atoms with E-state index in [9.17, 15) is 10.2 Å². The number of oxazole rings is 1. The second kappa shape index (κ2) is 7.01. The van der Waals surface area contributed by atoms with Crippen LogP contribution in [0, 0.1) is 0 Å². The molecule has 7 heteroatoms. The largest absolute Gasteiger partial charge is 0.419 e. The van der Waals surface area contributed by atoms with Crippen LogP contribution >= 0.6 is 0 Å². The maximum absolute atomic E-state index is 10.8. The van der Waals surface area contributed by atoms with Crippen molar-refractivity contribution in [3.8, 4) is 11.6 Å². The first-order chi connectivity index (χ1) is 11.7. The Morgan fingerprint density at radius 1 is 0.880 bits per heavy atom. The van der Waals surface area contributed by atoms with E-state index in [0.29, 0.717) is 48.5 Å². The Labute approximate surface area is 148 Å². The Balaban J connectivity index is 2.54. The molecule has 2 aromatic heterocycles. The summed E-state index contributed by atoms with van der Waals surface area (Å²) in [5.41, 5.74) is 11.2. The fourth-order valence-electron chi connectivity index (χ4n) is 2.91. The van der Waals surface area contributed by atoms with E-state index >= 15 is 0 Å². The molecule has 25 heavy (non-hydrogen) atoms. The van der Waals surface area contributed by atoms with Gasteiger partial charge in [-0.3, -0.25) is 0 Å². The van der Waals surface area contributed by atoms with Gasteiger partial charge in [-0.05, 0) is 37.8 Å². The summed E-state index contributed by atoms with van der Waals surface area (Å²) in [5.74, 6) is 0.270. The third-order valence-corrected chi connectivity index (χ3v) is 5.02. The lowest BCUT2D eigenvalue weighted by atomic mass is 9.91. The van der Waals surface area contributed by atoms with Crippen LogP contribution in [0.15, 0.2) is 16.5 Å². The van der Waals surface area contributed by atoms with Crippen molar-refractivity contribution in [3.63, 3.8) is 0 Å². The summed E-state index contributed by atoms with van der Waals surface area (Å²) < 4.78 is 5.55. The maximum Gasteiger partial charge on any atom is 0.247 e. The van der Waals surface area contributed by atoms with Crippen LogP contribution in [0.25, 0.3) is 11.6 Å². The number of aliphatic hydroxyl groups is 2. The van der Waals surface area contributed by atoms with Gasteiger partial charge in [-0.2, -0.15) is 0 Å². The standard InChI is InChI=1S/C18H28N4O3/c1-5-17(23,6-2)13-11(19)9-10-12(21-13)16-22-14(15(20)25-16)18(24,7-3)8-4/h9-10,23-24H,5-8,19-20H2,1-4H3. The molecular weight excluding hydrogens is 320 g/mol. The predicted octanol–water partition coefficient (Wildman–Crippen LogP) is 2.92. The third kappa shape index (κ3) is 3.34. The first kappa shape index (κ1) is 19.2. The molecule has 138 valence electrons. The van der Waals surface area contributed by atoms with Crippen molar-refractivity contribution in [1.82, 2.24) is 9.97 Å². The number of nitrogens with two attached hydrogens (primary N) is 2. The van der Waals surface area contributed by atoms with Gasteiger partial charge in [-0.25, -0.2) is 9.97 Å². The number of aromatic nitrogens is 2. The number of nitrogen functional groups attached to an aromatic ring is 2. The lowest BCUT2D eigenvalue weighted by molar-refractivity contribution is 0.0244. The average Bonchev–Trinajstić information content (AvgIpc) is 3.03. The van der Waals surface area contributed by atoms with Crippen LogP contribution in [0.1, 0.15) is 64.8 Å². The van der Waals surface area contributed by atoms with Gasteiger partial charge in [0.05, 0.1) is 11.4 Å². The zero-order valence-corrected chi connectivity index (χ0v) is 15.3. The number of nitrogens with zero attached hydrogens (tertiary/aromatic N) is 2. The molecule has 0 saturated heterocycles. The second-order valence-corrected chi connectivity index (χ2v) is 6.34. The molecule has 0 aliphatic carbocycles. The van der Waals surface area contributed by atoms with E-state index in [1.54, 1.807) is 12.1 Å². The topological polar surface area (TPSA) is 131 Å². The van der Waals surface area contributed by atoms with Gasteiger partial charge in [-0.15, -0.1) is 0 Å². The van der Waals surface area contributed by atoms with Crippen LogP contribution in [0.3, 0.4) is 0 Å². The van der Waals surface area contributed by atoms with Crippen LogP contribution in [0.4, 0.5) is 11.6 Å². The van der Waals surface area contributed by atoms with E-state index in [4.69, 9.17) is 15.9 Å². The molecule has 2 aromatic rings. The van der Waals surface area contributed by atoms with E-state index in [0.717, 1.165) is 0 Å². The van der Waals surface area contributed by atoms with Gasteiger partial charge >= 0.3 is 0 Å². The highest BCUT2D eigenvalue weighted by molar-refractivity contribution is 5.57. The molecule has 0 saturated carbocycles. The van der Waals surface area contributed by atoms with Gasteiger partial charge in [0.15, 0.2) is 0 Å². The number of hydrogen-bond donors (Lipinski definition) is 4. The smallest absolute Gasteiger partial charge is 0.247 e. The Kier molecular flexibility index (Phi) is 5.39. The molecular formula is C18H28N4O3. The zero-order chi connectivity index (χ0) is 18.8. The summed E-state index contributed by atoms with van der Waals surface area (Å²) in [6, 6.07) is 3.33. The van der Waals surface area contributed by atoms with Gasteiger partial charge < -0.3 is 26.1 Å². The Morgan fingerprint density at radius 3 is 1.92 bits per heavy atom. The number of hydrogen-bond acceptors (Lipinski definition) is 7. The van der Waals surface area contributed by atoms with E-state index in [2.05, 4.69) is 9.97 Å².